The van der Waals surface area contributed by atoms with Gasteiger partial charge in [0.25, 0.3) is 0 Å². The van der Waals surface area contributed by atoms with Crippen molar-refractivity contribution in [3.05, 3.63) is 12.4 Å². The third-order valence-corrected chi connectivity index (χ3v) is 1.03. The molecule has 2 nitrogen and oxygen atoms in total. The highest BCUT2D eigenvalue weighted by molar-refractivity contribution is 7.42. The lowest BCUT2D eigenvalue weighted by molar-refractivity contribution is -0.271. The van der Waals surface area contributed by atoms with E-state index in [1.807, 2.05) is 0 Å². The van der Waals surface area contributed by atoms with Crippen LogP contribution in [0.2, 0.25) is 0 Å². The lowest BCUT2D eigenvalue weighted by Crippen LogP contribution is -2.06. The molecule has 0 N–H and O–H groups in total. The van der Waals surface area contributed by atoms with Crippen molar-refractivity contribution in [1.29, 1.82) is 0 Å². The molecular formula is C3H3F3O2P+. The first kappa shape index (κ1) is 8.59. The molecule has 0 saturated carbocycles. The summed E-state index contributed by atoms with van der Waals surface area (Å²) >= 11 is 0. The van der Waals surface area contributed by atoms with E-state index < -0.39 is 14.4 Å². The van der Waals surface area contributed by atoms with Crippen molar-refractivity contribution in [2.75, 3.05) is 0 Å². The van der Waals surface area contributed by atoms with Crippen LogP contribution in [0.5, 0.6) is 0 Å². The highest BCUT2D eigenvalue weighted by atomic mass is 31.1. The maximum absolute atomic E-state index is 11.0. The van der Waals surface area contributed by atoms with E-state index in [-0.39, 0.29) is 0 Å². The van der Waals surface area contributed by atoms with Gasteiger partial charge in [0.1, 0.15) is 0 Å². The van der Waals surface area contributed by atoms with Crippen molar-refractivity contribution in [1.82, 2.24) is 0 Å². The zero-order valence-corrected chi connectivity index (χ0v) is 5.08. The monoisotopic (exact) mass is 159 g/mol. The molecular weight excluding hydrogens is 156 g/mol. The lowest BCUT2D eigenvalue weighted by Gasteiger charge is -1.91. The summed E-state index contributed by atoms with van der Waals surface area (Å²) < 4.78 is 46.0. The Bertz CT molecular complexity index is 130. The van der Waals surface area contributed by atoms with Crippen LogP contribution >= 0.6 is 8.03 Å². The summed E-state index contributed by atoms with van der Waals surface area (Å²) in [5.41, 5.74) is 0. The van der Waals surface area contributed by atoms with Gasteiger partial charge in [-0.1, -0.05) is 0 Å². The molecule has 0 aliphatic carbocycles. The predicted molar refractivity (Wildman–Crippen MR) is 24.9 cm³/mol. The van der Waals surface area contributed by atoms with Gasteiger partial charge in [-0.3, -0.25) is 0 Å². The molecule has 0 aliphatic rings. The van der Waals surface area contributed by atoms with E-state index >= 15 is 0 Å². The first-order valence-corrected chi connectivity index (χ1v) is 3.05. The average molecular weight is 159 g/mol. The summed E-state index contributed by atoms with van der Waals surface area (Å²) in [7, 11) is -2.78. The van der Waals surface area contributed by atoms with Crippen molar-refractivity contribution in [3.8, 4) is 0 Å². The Labute approximate surface area is 50.2 Å². The summed E-state index contributed by atoms with van der Waals surface area (Å²) in [5, 5.41) is 0. The number of halogens is 3. The third kappa shape index (κ3) is 5.46. The Morgan fingerprint density at radius 3 is 2.11 bits per heavy atom. The largest absolute Gasteiger partial charge is 0.565 e. The van der Waals surface area contributed by atoms with Crippen LogP contribution in [0.15, 0.2) is 12.4 Å². The number of rotatable bonds is 2. The Morgan fingerprint density at radius 1 is 1.56 bits per heavy atom. The van der Waals surface area contributed by atoms with Crippen LogP contribution in [0.25, 0.3) is 0 Å². The van der Waals surface area contributed by atoms with Crippen molar-refractivity contribution in [2.24, 2.45) is 0 Å². The van der Waals surface area contributed by atoms with E-state index in [0.29, 0.717) is 5.82 Å². The van der Waals surface area contributed by atoms with Gasteiger partial charge in [0, 0.05) is 0 Å². The summed E-state index contributed by atoms with van der Waals surface area (Å²) in [6.45, 7) is 2.84. The zero-order valence-electron chi connectivity index (χ0n) is 4.18. The summed E-state index contributed by atoms with van der Waals surface area (Å²) in [6.07, 6.45) is -4.83. The molecule has 0 bridgehead atoms. The molecule has 0 fully saturated rings. The molecule has 9 heavy (non-hydrogen) atoms. The van der Waals surface area contributed by atoms with Crippen molar-refractivity contribution in [3.63, 3.8) is 0 Å². The van der Waals surface area contributed by atoms with Gasteiger partial charge in [-0.05, 0) is 15.7 Å². The molecule has 1 atom stereocenters. The second-order valence-electron chi connectivity index (χ2n) is 1.00. The van der Waals surface area contributed by atoms with Crippen LogP contribution in [0, 0.1) is 0 Å². The molecule has 52 valence electrons. The average Bonchev–Trinajstić information content (AvgIpc) is 1.62. The van der Waals surface area contributed by atoms with Gasteiger partial charge in [-0.15, -0.1) is 13.2 Å². The molecule has 1 unspecified atom stereocenters. The van der Waals surface area contributed by atoms with Crippen molar-refractivity contribution >= 4 is 8.03 Å². The van der Waals surface area contributed by atoms with E-state index in [1.54, 1.807) is 0 Å². The predicted octanol–water partition coefficient (Wildman–Crippen LogP) is 2.41. The normalized spacial score (nSPS) is 13.0. The van der Waals surface area contributed by atoms with Gasteiger partial charge in [-0.2, -0.15) is 0 Å². The molecule has 6 heteroatoms. The zero-order chi connectivity index (χ0) is 7.49. The van der Waals surface area contributed by atoms with Crippen LogP contribution in [-0.4, -0.2) is 6.36 Å². The van der Waals surface area contributed by atoms with Crippen molar-refractivity contribution < 1.29 is 22.3 Å². The van der Waals surface area contributed by atoms with E-state index in [4.69, 9.17) is 0 Å². The van der Waals surface area contributed by atoms with E-state index in [2.05, 4.69) is 11.1 Å². The highest BCUT2D eigenvalue weighted by Gasteiger charge is 2.40. The summed E-state index contributed by atoms with van der Waals surface area (Å²) in [5.74, 6) is 0.586. The van der Waals surface area contributed by atoms with Crippen molar-refractivity contribution in [2.45, 2.75) is 6.36 Å². The van der Waals surface area contributed by atoms with Crippen LogP contribution in [-0.2, 0) is 9.09 Å². The Kier molecular flexibility index (Phi) is 2.81. The molecule has 0 saturated heterocycles. The standard InChI is InChI=1S/C3H3F3O2P/c1-2-9(7)8-3(4,5)6/h2H,1H2/q+1. The fraction of sp³-hybridized carbons (Fsp3) is 0.333. The smallest absolute Gasteiger partial charge is 0.141 e. The van der Waals surface area contributed by atoms with Crippen LogP contribution in [0.1, 0.15) is 0 Å². The van der Waals surface area contributed by atoms with E-state index in [0.717, 1.165) is 0 Å². The minimum Gasteiger partial charge on any atom is -0.141 e. The Hall–Kier alpha value is -0.410. The van der Waals surface area contributed by atoms with Gasteiger partial charge in [0.05, 0.1) is 0 Å². The fourth-order valence-electron chi connectivity index (χ4n) is 0.139. The molecule has 0 amide bonds. The first-order chi connectivity index (χ1) is 3.95. The third-order valence-electron chi connectivity index (χ3n) is 0.343. The molecule has 0 aliphatic heterocycles. The molecule has 0 aromatic carbocycles. The van der Waals surface area contributed by atoms with E-state index in [9.17, 15) is 17.7 Å². The summed E-state index contributed by atoms with van der Waals surface area (Å²) in [6, 6.07) is 0. The molecule has 0 spiro atoms. The van der Waals surface area contributed by atoms with Crippen LogP contribution in [0.4, 0.5) is 13.2 Å². The lowest BCUT2D eigenvalue weighted by atomic mass is 11.3. The Morgan fingerprint density at radius 2 is 2.00 bits per heavy atom. The van der Waals surface area contributed by atoms with Gasteiger partial charge in [0.2, 0.25) is 0 Å². The number of hydrogen-bond donors (Lipinski definition) is 0. The fourth-order valence-corrected chi connectivity index (χ4v) is 0.418. The molecule has 0 radical (unpaired) electrons. The van der Waals surface area contributed by atoms with Gasteiger partial charge >= 0.3 is 14.4 Å². The Balaban J connectivity index is 3.74. The maximum Gasteiger partial charge on any atom is 0.565 e. The van der Waals surface area contributed by atoms with Gasteiger partial charge < -0.3 is 0 Å². The second-order valence-corrected chi connectivity index (χ2v) is 2.12. The molecule has 0 aromatic rings. The van der Waals surface area contributed by atoms with E-state index in [1.165, 1.54) is 0 Å². The highest BCUT2D eigenvalue weighted by Crippen LogP contribution is 2.33. The second kappa shape index (κ2) is 2.94. The molecule has 0 heterocycles. The minimum atomic E-state index is -4.83. The molecule has 0 aromatic heterocycles. The van der Waals surface area contributed by atoms with Gasteiger partial charge in [0.15, 0.2) is 5.82 Å². The SMILES string of the molecule is C=C[P+](=O)OC(F)(F)F. The molecule has 0 rings (SSSR count). The minimum absolute atomic E-state index is 0.586. The number of hydrogen-bond acceptors (Lipinski definition) is 2. The number of alkyl halides is 3. The topological polar surface area (TPSA) is 26.3 Å². The van der Waals surface area contributed by atoms with Crippen LogP contribution < -0.4 is 0 Å². The summed E-state index contributed by atoms with van der Waals surface area (Å²) in [4.78, 5) is 0. The van der Waals surface area contributed by atoms with Gasteiger partial charge in [-0.25, -0.2) is 0 Å². The van der Waals surface area contributed by atoms with Crippen LogP contribution in [0.3, 0.4) is 0 Å². The quantitative estimate of drug-likeness (QED) is 0.578. The first-order valence-electron chi connectivity index (χ1n) is 1.80. The maximum atomic E-state index is 11.0.